The summed E-state index contributed by atoms with van der Waals surface area (Å²) in [5.74, 6) is 0.947. The van der Waals surface area contributed by atoms with Crippen LogP contribution in [0.25, 0.3) is 21.8 Å². The maximum Gasteiger partial charge on any atom is 0.257 e. The molecule has 4 aromatic rings. The van der Waals surface area contributed by atoms with E-state index in [9.17, 15) is 14.4 Å². The number of benzene rings is 2. The number of carbonyl (C=O) groups excluding carboxylic acids is 2. The Bertz CT molecular complexity index is 1600. The Morgan fingerprint density at radius 2 is 1.95 bits per heavy atom. The molecule has 1 atom stereocenters. The van der Waals surface area contributed by atoms with Crippen molar-refractivity contribution < 1.29 is 23.8 Å². The zero-order chi connectivity index (χ0) is 27.0. The molecule has 0 unspecified atom stereocenters. The standard InChI is InChI=1S/C28H30N4O6/c1-5-32-14-21(26(33)20-11-24-25(12-23(20)32)38-15-37-24)27(34)30-16(2)28(35)31(3)9-8-17-13-29-22-10-18(36-4)6-7-19(17)22/h6-7,10-14,16,29H,5,8-9,15H2,1-4H3,(H,30,34)/t16-/m0/s1. The number of amides is 2. The Kier molecular flexibility index (Phi) is 6.71. The number of pyridine rings is 1. The van der Waals surface area contributed by atoms with Gasteiger partial charge in [0.25, 0.3) is 5.91 Å². The highest BCUT2D eigenvalue weighted by Gasteiger charge is 2.24. The highest BCUT2D eigenvalue weighted by molar-refractivity contribution is 6.00. The molecule has 0 spiro atoms. The molecule has 0 fully saturated rings. The van der Waals surface area contributed by atoms with Gasteiger partial charge in [-0.2, -0.15) is 0 Å². The first-order valence-corrected chi connectivity index (χ1v) is 12.5. The molecule has 3 heterocycles. The van der Waals surface area contributed by atoms with E-state index in [0.29, 0.717) is 41.9 Å². The van der Waals surface area contributed by atoms with Crippen molar-refractivity contribution in [2.75, 3.05) is 27.5 Å². The lowest BCUT2D eigenvalue weighted by molar-refractivity contribution is -0.131. The van der Waals surface area contributed by atoms with Crippen LogP contribution < -0.4 is 25.0 Å². The number of methoxy groups -OCH3 is 1. The number of nitrogens with one attached hydrogen (secondary N) is 2. The summed E-state index contributed by atoms with van der Waals surface area (Å²) < 4.78 is 17.9. The molecule has 5 rings (SSSR count). The van der Waals surface area contributed by atoms with Crippen LogP contribution in [0.3, 0.4) is 0 Å². The van der Waals surface area contributed by atoms with Crippen molar-refractivity contribution in [3.63, 3.8) is 0 Å². The van der Waals surface area contributed by atoms with Crippen LogP contribution in [0, 0.1) is 0 Å². The van der Waals surface area contributed by atoms with Gasteiger partial charge < -0.3 is 34.0 Å². The Hall–Kier alpha value is -4.47. The van der Waals surface area contributed by atoms with Gasteiger partial charge in [0.1, 0.15) is 17.4 Å². The lowest BCUT2D eigenvalue weighted by Crippen LogP contribution is -2.47. The maximum atomic E-state index is 13.2. The molecule has 2 aromatic heterocycles. The summed E-state index contributed by atoms with van der Waals surface area (Å²) in [6.45, 7) is 4.62. The number of hydrogen-bond donors (Lipinski definition) is 2. The van der Waals surface area contributed by atoms with E-state index in [1.165, 1.54) is 6.20 Å². The molecule has 38 heavy (non-hydrogen) atoms. The quantitative estimate of drug-likeness (QED) is 0.371. The molecule has 198 valence electrons. The van der Waals surface area contributed by atoms with Gasteiger partial charge in [0.05, 0.1) is 18.0 Å². The van der Waals surface area contributed by atoms with Crippen molar-refractivity contribution in [3.8, 4) is 17.2 Å². The van der Waals surface area contributed by atoms with Crippen LogP contribution >= 0.6 is 0 Å². The van der Waals surface area contributed by atoms with E-state index in [0.717, 1.165) is 22.2 Å². The smallest absolute Gasteiger partial charge is 0.257 e. The Morgan fingerprint density at radius 1 is 1.18 bits per heavy atom. The third-order valence-electron chi connectivity index (χ3n) is 6.95. The summed E-state index contributed by atoms with van der Waals surface area (Å²) >= 11 is 0. The number of likely N-dealkylation sites (N-methyl/N-ethyl adjacent to an activating group) is 1. The number of ether oxygens (including phenoxy) is 3. The minimum Gasteiger partial charge on any atom is -0.497 e. The van der Waals surface area contributed by atoms with E-state index >= 15 is 0 Å². The van der Waals surface area contributed by atoms with Crippen LogP contribution in [0.15, 0.2) is 47.5 Å². The van der Waals surface area contributed by atoms with Gasteiger partial charge in [-0.05, 0) is 44.0 Å². The van der Waals surface area contributed by atoms with E-state index in [2.05, 4.69) is 10.3 Å². The van der Waals surface area contributed by atoms with Gasteiger partial charge in [-0.1, -0.05) is 0 Å². The molecule has 2 N–H and O–H groups in total. The SMILES string of the molecule is CCn1cc(C(=O)N[C@@H](C)C(=O)N(C)CCc2c[nH]c3cc(OC)ccc23)c(=O)c2cc3c(cc21)OCO3. The molecule has 0 saturated carbocycles. The Morgan fingerprint density at radius 3 is 2.68 bits per heavy atom. The van der Waals surface area contributed by atoms with Gasteiger partial charge in [0, 0.05) is 55.6 Å². The Balaban J connectivity index is 1.28. The molecule has 0 bridgehead atoms. The van der Waals surface area contributed by atoms with Crippen molar-refractivity contribution in [2.24, 2.45) is 0 Å². The molecular formula is C28H30N4O6. The van der Waals surface area contributed by atoms with E-state index in [1.807, 2.05) is 35.9 Å². The Labute approximate surface area is 219 Å². The predicted molar refractivity (Wildman–Crippen MR) is 143 cm³/mol. The van der Waals surface area contributed by atoms with Crippen molar-refractivity contribution >= 4 is 33.6 Å². The zero-order valence-electron chi connectivity index (χ0n) is 21.8. The average molecular weight is 519 g/mol. The lowest BCUT2D eigenvalue weighted by Gasteiger charge is -2.22. The molecule has 10 heteroatoms. The highest BCUT2D eigenvalue weighted by atomic mass is 16.7. The topological polar surface area (TPSA) is 115 Å². The van der Waals surface area contributed by atoms with Crippen molar-refractivity contribution in [3.05, 3.63) is 64.1 Å². The zero-order valence-corrected chi connectivity index (χ0v) is 21.8. The second-order valence-corrected chi connectivity index (χ2v) is 9.31. The molecule has 0 aliphatic carbocycles. The fourth-order valence-electron chi connectivity index (χ4n) is 4.77. The molecule has 1 aliphatic rings. The number of carbonyl (C=O) groups is 2. The van der Waals surface area contributed by atoms with Gasteiger partial charge in [-0.25, -0.2) is 0 Å². The summed E-state index contributed by atoms with van der Waals surface area (Å²) in [7, 11) is 3.33. The first-order valence-electron chi connectivity index (χ1n) is 12.5. The van der Waals surface area contributed by atoms with Gasteiger partial charge in [-0.15, -0.1) is 0 Å². The van der Waals surface area contributed by atoms with Gasteiger partial charge in [0.2, 0.25) is 18.1 Å². The van der Waals surface area contributed by atoms with E-state index in [4.69, 9.17) is 14.2 Å². The van der Waals surface area contributed by atoms with E-state index in [-0.39, 0.29) is 18.3 Å². The second kappa shape index (κ2) is 10.1. The van der Waals surface area contributed by atoms with Crippen molar-refractivity contribution in [1.82, 2.24) is 19.8 Å². The number of aromatic nitrogens is 2. The second-order valence-electron chi connectivity index (χ2n) is 9.31. The van der Waals surface area contributed by atoms with Gasteiger partial charge >= 0.3 is 0 Å². The largest absolute Gasteiger partial charge is 0.497 e. The number of fused-ring (bicyclic) bond motifs is 3. The van der Waals surface area contributed by atoms with E-state index < -0.39 is 17.4 Å². The molecule has 0 saturated heterocycles. The fourth-order valence-corrected chi connectivity index (χ4v) is 4.77. The summed E-state index contributed by atoms with van der Waals surface area (Å²) in [5, 5.41) is 4.13. The molecular weight excluding hydrogens is 488 g/mol. The summed E-state index contributed by atoms with van der Waals surface area (Å²) in [6.07, 6.45) is 4.09. The number of nitrogens with zero attached hydrogens (tertiary/aromatic N) is 2. The monoisotopic (exact) mass is 518 g/mol. The van der Waals surface area contributed by atoms with Crippen LogP contribution in [0.5, 0.6) is 17.2 Å². The molecule has 0 radical (unpaired) electrons. The van der Waals surface area contributed by atoms with Crippen LogP contribution in [0.4, 0.5) is 0 Å². The van der Waals surface area contributed by atoms with Crippen LogP contribution in [0.2, 0.25) is 0 Å². The third-order valence-corrected chi connectivity index (χ3v) is 6.95. The van der Waals surface area contributed by atoms with Crippen molar-refractivity contribution in [1.29, 1.82) is 0 Å². The number of rotatable bonds is 8. The summed E-state index contributed by atoms with van der Waals surface area (Å²) in [6, 6.07) is 8.35. The van der Waals surface area contributed by atoms with Crippen LogP contribution in [0.1, 0.15) is 29.8 Å². The highest BCUT2D eigenvalue weighted by Crippen LogP contribution is 2.35. The number of aromatic amines is 1. The van der Waals surface area contributed by atoms with Gasteiger partial charge in [0.15, 0.2) is 11.5 Å². The third kappa shape index (κ3) is 4.53. The van der Waals surface area contributed by atoms with Crippen LogP contribution in [-0.4, -0.2) is 59.8 Å². The fraction of sp³-hybridized carbons (Fsp3) is 0.321. The predicted octanol–water partition coefficient (Wildman–Crippen LogP) is 3.06. The minimum atomic E-state index is -0.818. The first-order chi connectivity index (χ1) is 18.3. The molecule has 10 nitrogen and oxygen atoms in total. The van der Waals surface area contributed by atoms with E-state index in [1.54, 1.807) is 38.1 Å². The minimum absolute atomic E-state index is 0.0326. The molecule has 2 amide bonds. The summed E-state index contributed by atoms with van der Waals surface area (Å²) in [4.78, 5) is 44.2. The number of H-pyrrole nitrogens is 1. The van der Waals surface area contributed by atoms with Gasteiger partial charge in [-0.3, -0.25) is 14.4 Å². The average Bonchev–Trinajstić information content (AvgIpc) is 3.56. The number of aryl methyl sites for hydroxylation is 1. The molecule has 1 aliphatic heterocycles. The maximum absolute atomic E-state index is 13.2. The number of hydrogen-bond acceptors (Lipinski definition) is 6. The lowest BCUT2D eigenvalue weighted by atomic mass is 10.1. The molecule has 2 aromatic carbocycles. The van der Waals surface area contributed by atoms with Crippen LogP contribution in [-0.2, 0) is 17.8 Å². The summed E-state index contributed by atoms with van der Waals surface area (Å²) in [5.41, 5.74) is 2.24. The first kappa shape index (κ1) is 25.2. The van der Waals surface area contributed by atoms with Crippen molar-refractivity contribution in [2.45, 2.75) is 32.9 Å². The normalized spacial score (nSPS) is 13.1.